The molecule has 0 bridgehead atoms. The molecule has 0 aromatic heterocycles. The van der Waals surface area contributed by atoms with E-state index in [-0.39, 0.29) is 23.4 Å². The molecule has 4 nitrogen and oxygen atoms in total. The fraction of sp³-hybridized carbons (Fsp3) is 0.917. The lowest BCUT2D eigenvalue weighted by Gasteiger charge is -2.34. The number of hydrogen-bond donors (Lipinski definition) is 2. The summed E-state index contributed by atoms with van der Waals surface area (Å²) in [5, 5.41) is 12.4. The van der Waals surface area contributed by atoms with Gasteiger partial charge in [0.2, 0.25) is 5.91 Å². The Morgan fingerprint density at radius 2 is 2.12 bits per heavy atom. The number of ether oxygens (including phenoxy) is 1. The summed E-state index contributed by atoms with van der Waals surface area (Å²) in [6.45, 7) is 5.27. The Morgan fingerprint density at radius 3 is 2.59 bits per heavy atom. The van der Waals surface area contributed by atoms with Crippen LogP contribution in [0.5, 0.6) is 0 Å². The van der Waals surface area contributed by atoms with Crippen LogP contribution >= 0.6 is 15.9 Å². The lowest BCUT2D eigenvalue weighted by molar-refractivity contribution is -0.125. The van der Waals surface area contributed by atoms with Gasteiger partial charge in [-0.25, -0.2) is 0 Å². The van der Waals surface area contributed by atoms with Crippen LogP contribution in [0.1, 0.15) is 33.1 Å². The maximum Gasteiger partial charge on any atom is 0.236 e. The Hall–Kier alpha value is -0.130. The standard InChI is InChI=1S/C12H22BrNO3/c1-9(2)7-17-8-10(15)6-14-11(16)12(13)4-3-5-12/h9-10,15H,3-8H2,1-2H3,(H,14,16). The predicted molar refractivity (Wildman–Crippen MR) is 70.2 cm³/mol. The van der Waals surface area contributed by atoms with E-state index in [2.05, 4.69) is 35.1 Å². The van der Waals surface area contributed by atoms with Crippen LogP contribution in [0.2, 0.25) is 0 Å². The van der Waals surface area contributed by atoms with Gasteiger partial charge >= 0.3 is 0 Å². The molecule has 1 aliphatic carbocycles. The molecule has 1 atom stereocenters. The number of amides is 1. The largest absolute Gasteiger partial charge is 0.389 e. The summed E-state index contributed by atoms with van der Waals surface area (Å²) in [7, 11) is 0. The van der Waals surface area contributed by atoms with E-state index in [0.717, 1.165) is 19.3 Å². The predicted octanol–water partition coefficient (Wildman–Crippen LogP) is 1.45. The Morgan fingerprint density at radius 1 is 1.47 bits per heavy atom. The van der Waals surface area contributed by atoms with Gasteiger partial charge in [0.15, 0.2) is 0 Å². The molecule has 5 heteroatoms. The van der Waals surface area contributed by atoms with Gasteiger partial charge in [-0.15, -0.1) is 0 Å². The van der Waals surface area contributed by atoms with Crippen molar-refractivity contribution in [2.45, 2.75) is 43.5 Å². The third kappa shape index (κ3) is 4.94. The molecule has 100 valence electrons. The summed E-state index contributed by atoms with van der Waals surface area (Å²) in [4.78, 5) is 11.7. The van der Waals surface area contributed by atoms with Gasteiger partial charge in [-0.05, 0) is 25.2 Å². The normalized spacial score (nSPS) is 19.8. The number of hydrogen-bond acceptors (Lipinski definition) is 3. The van der Waals surface area contributed by atoms with Crippen molar-refractivity contribution in [3.63, 3.8) is 0 Å². The maximum atomic E-state index is 11.7. The highest BCUT2D eigenvalue weighted by molar-refractivity contribution is 9.10. The molecule has 0 aliphatic heterocycles. The van der Waals surface area contributed by atoms with Crippen molar-refractivity contribution in [3.8, 4) is 0 Å². The van der Waals surface area contributed by atoms with E-state index in [1.54, 1.807) is 0 Å². The molecule has 1 aliphatic rings. The van der Waals surface area contributed by atoms with Gasteiger partial charge in [0, 0.05) is 13.2 Å². The third-order valence-electron chi connectivity index (χ3n) is 2.81. The van der Waals surface area contributed by atoms with Crippen LogP contribution in [0.3, 0.4) is 0 Å². The second kappa shape index (κ2) is 6.71. The average Bonchev–Trinajstić information content (AvgIpc) is 2.22. The number of rotatable bonds is 7. The average molecular weight is 308 g/mol. The SMILES string of the molecule is CC(C)COCC(O)CNC(=O)C1(Br)CCC1. The van der Waals surface area contributed by atoms with E-state index in [1.165, 1.54) is 0 Å². The molecular weight excluding hydrogens is 286 g/mol. The highest BCUT2D eigenvalue weighted by Gasteiger charge is 2.41. The van der Waals surface area contributed by atoms with E-state index in [4.69, 9.17) is 4.74 Å². The van der Waals surface area contributed by atoms with Gasteiger partial charge < -0.3 is 15.2 Å². The Balaban J connectivity index is 2.10. The fourth-order valence-electron chi connectivity index (χ4n) is 1.58. The molecule has 0 aromatic rings. The Bertz CT molecular complexity index is 254. The van der Waals surface area contributed by atoms with Gasteiger partial charge in [-0.2, -0.15) is 0 Å². The van der Waals surface area contributed by atoms with Crippen LogP contribution in [-0.4, -0.2) is 41.2 Å². The van der Waals surface area contributed by atoms with Crippen molar-refractivity contribution in [1.29, 1.82) is 0 Å². The third-order valence-corrected chi connectivity index (χ3v) is 3.97. The summed E-state index contributed by atoms with van der Waals surface area (Å²) < 4.78 is 4.92. The smallest absolute Gasteiger partial charge is 0.236 e. The number of halogens is 1. The first kappa shape index (κ1) is 14.9. The summed E-state index contributed by atoms with van der Waals surface area (Å²) in [5.41, 5.74) is 0. The number of nitrogens with one attached hydrogen (secondary N) is 1. The molecule has 1 rings (SSSR count). The number of alkyl halides is 1. The molecule has 0 spiro atoms. The minimum absolute atomic E-state index is 0.0216. The van der Waals surface area contributed by atoms with Crippen molar-refractivity contribution >= 4 is 21.8 Å². The van der Waals surface area contributed by atoms with Crippen LogP contribution in [0.25, 0.3) is 0 Å². The van der Waals surface area contributed by atoms with Crippen LogP contribution in [0.4, 0.5) is 0 Å². The molecule has 1 unspecified atom stereocenters. The van der Waals surface area contributed by atoms with Crippen molar-refractivity contribution < 1.29 is 14.6 Å². The van der Waals surface area contributed by atoms with Crippen LogP contribution < -0.4 is 5.32 Å². The monoisotopic (exact) mass is 307 g/mol. The highest BCUT2D eigenvalue weighted by atomic mass is 79.9. The molecule has 0 heterocycles. The quantitative estimate of drug-likeness (QED) is 0.700. The molecule has 0 aromatic carbocycles. The maximum absolute atomic E-state index is 11.7. The first-order chi connectivity index (χ1) is 7.94. The topological polar surface area (TPSA) is 58.6 Å². The van der Waals surface area contributed by atoms with E-state index in [1.807, 2.05) is 0 Å². The van der Waals surface area contributed by atoms with E-state index >= 15 is 0 Å². The Labute approximate surface area is 111 Å². The van der Waals surface area contributed by atoms with Crippen molar-refractivity contribution in [3.05, 3.63) is 0 Å². The van der Waals surface area contributed by atoms with Gasteiger partial charge in [-0.3, -0.25) is 4.79 Å². The zero-order valence-corrected chi connectivity index (χ0v) is 12.1. The van der Waals surface area contributed by atoms with Gasteiger partial charge in [0.1, 0.15) is 4.32 Å². The fourth-order valence-corrected chi connectivity index (χ4v) is 2.28. The molecule has 0 saturated heterocycles. The zero-order valence-electron chi connectivity index (χ0n) is 10.5. The number of aliphatic hydroxyl groups is 1. The second-order valence-electron chi connectivity index (χ2n) is 5.11. The summed E-state index contributed by atoms with van der Waals surface area (Å²) >= 11 is 3.43. The van der Waals surface area contributed by atoms with Crippen LogP contribution in [-0.2, 0) is 9.53 Å². The van der Waals surface area contributed by atoms with Crippen molar-refractivity contribution in [2.75, 3.05) is 19.8 Å². The van der Waals surface area contributed by atoms with Gasteiger partial charge in [0.05, 0.1) is 12.7 Å². The molecule has 0 radical (unpaired) electrons. The van der Waals surface area contributed by atoms with Gasteiger partial charge in [0.25, 0.3) is 0 Å². The van der Waals surface area contributed by atoms with E-state index in [0.29, 0.717) is 12.5 Å². The molecule has 2 N–H and O–H groups in total. The molecule has 1 fully saturated rings. The minimum Gasteiger partial charge on any atom is -0.389 e. The summed E-state index contributed by atoms with van der Waals surface area (Å²) in [6, 6.07) is 0. The van der Waals surface area contributed by atoms with E-state index in [9.17, 15) is 9.90 Å². The number of aliphatic hydroxyl groups excluding tert-OH is 1. The molecule has 17 heavy (non-hydrogen) atoms. The molecule has 1 amide bonds. The zero-order chi connectivity index (χ0) is 12.9. The highest BCUT2D eigenvalue weighted by Crippen LogP contribution is 2.40. The van der Waals surface area contributed by atoms with Crippen LogP contribution in [0.15, 0.2) is 0 Å². The minimum atomic E-state index is -0.631. The summed E-state index contributed by atoms with van der Waals surface area (Å²) in [5.74, 6) is 0.434. The lowest BCUT2D eigenvalue weighted by Crippen LogP contribution is -2.49. The van der Waals surface area contributed by atoms with E-state index < -0.39 is 6.10 Å². The Kier molecular flexibility index (Phi) is 5.89. The number of carbonyl (C=O) groups excluding carboxylic acids is 1. The first-order valence-corrected chi connectivity index (χ1v) is 6.96. The van der Waals surface area contributed by atoms with Crippen molar-refractivity contribution in [2.24, 2.45) is 5.92 Å². The van der Waals surface area contributed by atoms with Crippen molar-refractivity contribution in [1.82, 2.24) is 5.32 Å². The second-order valence-corrected chi connectivity index (χ2v) is 6.63. The summed E-state index contributed by atoms with van der Waals surface area (Å²) in [6.07, 6.45) is 2.20. The number of carbonyl (C=O) groups is 1. The molecular formula is C12H22BrNO3. The first-order valence-electron chi connectivity index (χ1n) is 6.17. The lowest BCUT2D eigenvalue weighted by atomic mass is 9.84. The van der Waals surface area contributed by atoms with Crippen LogP contribution in [0, 0.1) is 5.92 Å². The molecule has 1 saturated carbocycles. The van der Waals surface area contributed by atoms with Gasteiger partial charge in [-0.1, -0.05) is 29.8 Å².